The average Bonchev–Trinajstić information content (AvgIpc) is 2.14. The Labute approximate surface area is 93.1 Å². The molecule has 0 saturated carbocycles. The molecule has 7 heteroatoms. The Hall–Kier alpha value is -1.08. The van der Waals surface area contributed by atoms with Gasteiger partial charge in [-0.25, -0.2) is 8.78 Å². The summed E-state index contributed by atoms with van der Waals surface area (Å²) in [5.74, 6) is -3.40. The number of benzene rings is 1. The maximum absolute atomic E-state index is 13.4. The largest absolute Gasteiger partial charge is 0.422 e. The molecule has 0 aliphatic carbocycles. The summed E-state index contributed by atoms with van der Waals surface area (Å²) in [6.45, 7) is 0. The van der Waals surface area contributed by atoms with Crippen molar-refractivity contribution < 1.29 is 22.0 Å². The van der Waals surface area contributed by atoms with E-state index in [1.807, 2.05) is 0 Å². The minimum Gasteiger partial charge on any atom is -0.320 e. The number of nitrogens with two attached hydrogens (primary N) is 1. The molecule has 0 amide bonds. The fraction of sp³-hybridized carbons (Fsp3) is 0.222. The van der Waals surface area contributed by atoms with Gasteiger partial charge in [-0.2, -0.15) is 13.2 Å². The van der Waals surface area contributed by atoms with Crippen LogP contribution in [0, 0.1) is 11.6 Å². The molecule has 0 spiro atoms. The molecule has 1 unspecified atom stereocenters. The van der Waals surface area contributed by atoms with Gasteiger partial charge < -0.3 is 5.73 Å². The van der Waals surface area contributed by atoms with Crippen LogP contribution in [0.1, 0.15) is 17.2 Å². The van der Waals surface area contributed by atoms with Crippen LogP contribution >= 0.6 is 12.2 Å². The molecule has 1 nitrogen and oxygen atoms in total. The minimum atomic E-state index is -5.11. The van der Waals surface area contributed by atoms with E-state index in [1.54, 1.807) is 0 Å². The molecule has 16 heavy (non-hydrogen) atoms. The highest BCUT2D eigenvalue weighted by Gasteiger charge is 2.39. The third-order valence-electron chi connectivity index (χ3n) is 1.91. The second kappa shape index (κ2) is 4.42. The van der Waals surface area contributed by atoms with E-state index < -0.39 is 35.0 Å². The van der Waals surface area contributed by atoms with Crippen molar-refractivity contribution in [1.29, 1.82) is 0 Å². The van der Waals surface area contributed by atoms with Crippen molar-refractivity contribution in [2.24, 2.45) is 5.73 Å². The van der Waals surface area contributed by atoms with E-state index in [0.29, 0.717) is 6.07 Å². The van der Waals surface area contributed by atoms with Gasteiger partial charge in [-0.15, -0.1) is 0 Å². The Morgan fingerprint density at radius 3 is 2.25 bits per heavy atom. The van der Waals surface area contributed by atoms with Gasteiger partial charge in [-0.1, -0.05) is 18.3 Å². The zero-order valence-electron chi connectivity index (χ0n) is 7.68. The van der Waals surface area contributed by atoms with Crippen LogP contribution in [-0.2, 0) is 6.18 Å². The second-order valence-electron chi connectivity index (χ2n) is 2.99. The van der Waals surface area contributed by atoms with Gasteiger partial charge in [-0.3, -0.25) is 0 Å². The van der Waals surface area contributed by atoms with Crippen molar-refractivity contribution in [3.8, 4) is 0 Å². The average molecular weight is 255 g/mol. The molecule has 2 N–H and O–H groups in total. The first-order valence-electron chi connectivity index (χ1n) is 4.05. The molecule has 88 valence electrons. The minimum absolute atomic E-state index is 0.483. The Morgan fingerprint density at radius 1 is 1.25 bits per heavy atom. The van der Waals surface area contributed by atoms with Crippen molar-refractivity contribution in [3.05, 3.63) is 34.9 Å². The van der Waals surface area contributed by atoms with Crippen molar-refractivity contribution in [1.82, 2.24) is 0 Å². The third kappa shape index (κ3) is 2.35. The van der Waals surface area contributed by atoms with E-state index in [1.165, 1.54) is 0 Å². The molecule has 1 aromatic rings. The molecule has 1 atom stereocenters. The number of hydrogen-bond acceptors (Lipinski definition) is 2. The molecule has 0 bridgehead atoms. The van der Waals surface area contributed by atoms with Gasteiger partial charge in [-0.05, 0) is 6.07 Å². The lowest BCUT2D eigenvalue weighted by Crippen LogP contribution is -2.18. The molecule has 0 fully saturated rings. The highest BCUT2D eigenvalue weighted by molar-refractivity contribution is 7.79. The van der Waals surface area contributed by atoms with E-state index in [4.69, 9.17) is 5.73 Å². The summed E-state index contributed by atoms with van der Waals surface area (Å²) in [7, 11) is 0. The second-order valence-corrected chi connectivity index (χ2v) is 3.26. The summed E-state index contributed by atoms with van der Waals surface area (Å²) in [6, 6.07) is 0.171. The van der Waals surface area contributed by atoms with Gasteiger partial charge in [0, 0.05) is 10.9 Å². The predicted molar refractivity (Wildman–Crippen MR) is 51.9 cm³/mol. The van der Waals surface area contributed by atoms with Crippen molar-refractivity contribution in [3.63, 3.8) is 0 Å². The third-order valence-corrected chi connectivity index (χ3v) is 2.20. The lowest BCUT2D eigenvalue weighted by molar-refractivity contribution is -0.142. The van der Waals surface area contributed by atoms with Gasteiger partial charge in [0.15, 0.2) is 0 Å². The van der Waals surface area contributed by atoms with Crippen LogP contribution in [-0.4, -0.2) is 5.37 Å². The Bertz CT molecular complexity index is 415. The zero-order chi connectivity index (χ0) is 12.5. The highest BCUT2D eigenvalue weighted by Crippen LogP contribution is 2.35. The van der Waals surface area contributed by atoms with Gasteiger partial charge in [0.2, 0.25) is 0 Å². The first-order valence-corrected chi connectivity index (χ1v) is 4.52. The van der Waals surface area contributed by atoms with Crippen LogP contribution in [0.2, 0.25) is 0 Å². The van der Waals surface area contributed by atoms with Crippen LogP contribution < -0.4 is 5.73 Å². The smallest absolute Gasteiger partial charge is 0.320 e. The van der Waals surface area contributed by atoms with Crippen molar-refractivity contribution >= 4 is 17.6 Å². The summed E-state index contributed by atoms with van der Waals surface area (Å²) in [4.78, 5) is 0. The summed E-state index contributed by atoms with van der Waals surface area (Å²) in [5.41, 5.74) is 2.84. The maximum atomic E-state index is 13.4. The van der Waals surface area contributed by atoms with Gasteiger partial charge in [0.25, 0.3) is 0 Å². The van der Waals surface area contributed by atoms with Gasteiger partial charge in [0.05, 0.1) is 6.04 Å². The summed E-state index contributed by atoms with van der Waals surface area (Å²) < 4.78 is 63.1. The Balaban J connectivity index is 3.44. The van der Waals surface area contributed by atoms with Crippen molar-refractivity contribution in [2.45, 2.75) is 12.2 Å². The quantitative estimate of drug-likeness (QED) is 0.649. The number of halogens is 5. The van der Waals surface area contributed by atoms with E-state index in [2.05, 4.69) is 12.2 Å². The molecule has 0 radical (unpaired) electrons. The molecule has 1 rings (SSSR count). The van der Waals surface area contributed by atoms with E-state index >= 15 is 0 Å². The fourth-order valence-electron chi connectivity index (χ4n) is 1.16. The summed E-state index contributed by atoms with van der Waals surface area (Å²) in [6.07, 6.45) is -5.11. The Morgan fingerprint density at radius 2 is 1.81 bits per heavy atom. The van der Waals surface area contributed by atoms with Crippen LogP contribution in [0.5, 0.6) is 0 Å². The summed E-state index contributed by atoms with van der Waals surface area (Å²) in [5, 5.41) is 0.899. The van der Waals surface area contributed by atoms with Crippen molar-refractivity contribution in [2.75, 3.05) is 0 Å². The number of rotatable bonds is 2. The number of hydrogen-bond donors (Lipinski definition) is 1. The molecule has 0 aromatic heterocycles. The van der Waals surface area contributed by atoms with E-state index in [9.17, 15) is 22.0 Å². The molecular formula is C9H6F5NS. The molecule has 0 aliphatic heterocycles. The van der Waals surface area contributed by atoms with Crippen LogP contribution in [0.25, 0.3) is 0 Å². The fourth-order valence-corrected chi connectivity index (χ4v) is 1.31. The lowest BCUT2D eigenvalue weighted by atomic mass is 10.0. The lowest BCUT2D eigenvalue weighted by Gasteiger charge is -2.14. The van der Waals surface area contributed by atoms with E-state index in [-0.39, 0.29) is 0 Å². The molecule has 0 saturated heterocycles. The first kappa shape index (κ1) is 13.0. The van der Waals surface area contributed by atoms with Crippen LogP contribution in [0.4, 0.5) is 22.0 Å². The van der Waals surface area contributed by atoms with Gasteiger partial charge in [0.1, 0.15) is 17.2 Å². The SMILES string of the molecule is NC(C=S)c1ccc(F)c(C(F)(F)F)c1F. The Kier molecular flexibility index (Phi) is 3.59. The molecule has 1 aromatic carbocycles. The molecular weight excluding hydrogens is 249 g/mol. The molecule has 0 aliphatic rings. The highest BCUT2D eigenvalue weighted by atomic mass is 32.1. The first-order chi connectivity index (χ1) is 7.29. The van der Waals surface area contributed by atoms with E-state index in [0.717, 1.165) is 11.4 Å². The standard InChI is InChI=1S/C9H6F5NS/c10-5-2-1-4(6(15)3-16)8(11)7(5)9(12,13)14/h1-3,6H,15H2. The number of thiocarbonyl (C=S) groups is 1. The monoisotopic (exact) mass is 255 g/mol. The number of alkyl halides is 3. The predicted octanol–water partition coefficient (Wildman–Crippen LogP) is 2.98. The summed E-state index contributed by atoms with van der Waals surface area (Å²) >= 11 is 4.39. The van der Waals surface area contributed by atoms with Crippen LogP contribution in [0.3, 0.4) is 0 Å². The zero-order valence-corrected chi connectivity index (χ0v) is 8.50. The normalized spacial score (nSPS) is 13.6. The topological polar surface area (TPSA) is 26.0 Å². The van der Waals surface area contributed by atoms with Gasteiger partial charge >= 0.3 is 6.18 Å². The maximum Gasteiger partial charge on any atom is 0.422 e. The molecule has 0 heterocycles. The van der Waals surface area contributed by atoms with Crippen LogP contribution in [0.15, 0.2) is 12.1 Å².